The molecule has 2 aliphatic rings. The molecule has 1 aromatic rings. The van der Waals surface area contributed by atoms with Crippen LogP contribution in [0.3, 0.4) is 0 Å². The lowest BCUT2D eigenvalue weighted by atomic mass is 10.0. The molecule has 1 amide bonds. The van der Waals surface area contributed by atoms with Crippen LogP contribution in [-0.4, -0.2) is 78.9 Å². The summed E-state index contributed by atoms with van der Waals surface area (Å²) in [5.74, 6) is -2.77. The Labute approximate surface area is 146 Å². The van der Waals surface area contributed by atoms with Crippen molar-refractivity contribution >= 4 is 5.91 Å². The number of nitriles is 1. The number of hydrogen-bond donors (Lipinski definition) is 0. The van der Waals surface area contributed by atoms with E-state index in [1.807, 2.05) is 30.0 Å². The lowest BCUT2D eigenvalue weighted by molar-refractivity contribution is -0.0114. The fourth-order valence-electron chi connectivity index (χ4n) is 3.64. The monoisotopic (exact) mass is 348 g/mol. The van der Waals surface area contributed by atoms with E-state index >= 15 is 0 Å². The Morgan fingerprint density at radius 2 is 1.96 bits per heavy atom. The van der Waals surface area contributed by atoms with E-state index in [0.29, 0.717) is 30.8 Å². The molecule has 0 radical (unpaired) electrons. The second kappa shape index (κ2) is 6.70. The zero-order valence-corrected chi connectivity index (χ0v) is 14.5. The van der Waals surface area contributed by atoms with Crippen molar-refractivity contribution in [1.29, 1.82) is 5.26 Å². The molecule has 5 nitrogen and oxygen atoms in total. The molecule has 0 bridgehead atoms. The molecule has 7 heteroatoms. The highest BCUT2D eigenvalue weighted by atomic mass is 19.3. The number of alkyl halides is 2. The van der Waals surface area contributed by atoms with Crippen molar-refractivity contribution in [3.05, 3.63) is 35.4 Å². The molecule has 3 rings (SSSR count). The number of benzene rings is 1. The summed E-state index contributed by atoms with van der Waals surface area (Å²) in [5, 5.41) is 8.80. The Morgan fingerprint density at radius 3 is 2.52 bits per heavy atom. The number of halogens is 2. The van der Waals surface area contributed by atoms with Crippen molar-refractivity contribution < 1.29 is 13.6 Å². The van der Waals surface area contributed by atoms with Gasteiger partial charge >= 0.3 is 0 Å². The van der Waals surface area contributed by atoms with Crippen molar-refractivity contribution in [3.63, 3.8) is 0 Å². The Morgan fingerprint density at radius 1 is 1.32 bits per heavy atom. The quantitative estimate of drug-likeness (QED) is 0.830. The SMILES string of the molecule is CN(C)CC1CC(F)(F)CN1C1CN(C(=O)c2ccc(C#N)cc2)C1. The molecule has 0 aromatic heterocycles. The summed E-state index contributed by atoms with van der Waals surface area (Å²) in [4.78, 5) is 17.9. The average molecular weight is 348 g/mol. The van der Waals surface area contributed by atoms with Crippen molar-refractivity contribution in [2.75, 3.05) is 40.3 Å². The third-order valence-corrected chi connectivity index (χ3v) is 4.87. The Balaban J connectivity index is 1.60. The molecular weight excluding hydrogens is 326 g/mol. The van der Waals surface area contributed by atoms with Gasteiger partial charge in [0.25, 0.3) is 11.8 Å². The summed E-state index contributed by atoms with van der Waals surface area (Å²) < 4.78 is 27.7. The normalized spacial score (nSPS) is 23.5. The van der Waals surface area contributed by atoms with Crippen LogP contribution in [0.2, 0.25) is 0 Å². The Bertz CT molecular complexity index is 677. The van der Waals surface area contributed by atoms with Crippen molar-refractivity contribution in [1.82, 2.24) is 14.7 Å². The topological polar surface area (TPSA) is 50.6 Å². The van der Waals surface area contributed by atoms with E-state index in [1.54, 1.807) is 29.2 Å². The standard InChI is InChI=1S/C18H22F2N4O/c1-22(2)9-15-7-18(19,20)12-24(15)16-10-23(11-16)17(25)14-5-3-13(8-21)4-6-14/h3-6,15-16H,7,9-12H2,1-2H3. The van der Waals surface area contributed by atoms with E-state index in [9.17, 15) is 13.6 Å². The zero-order valence-electron chi connectivity index (χ0n) is 14.5. The van der Waals surface area contributed by atoms with Crippen molar-refractivity contribution in [2.45, 2.75) is 24.4 Å². The number of nitrogens with zero attached hydrogens (tertiary/aromatic N) is 4. The molecule has 2 saturated heterocycles. The Kier molecular flexibility index (Phi) is 4.76. The molecule has 0 spiro atoms. The van der Waals surface area contributed by atoms with Gasteiger partial charge < -0.3 is 9.80 Å². The molecule has 2 heterocycles. The lowest BCUT2D eigenvalue weighted by Crippen LogP contribution is -2.63. The summed E-state index contributed by atoms with van der Waals surface area (Å²) in [6.07, 6.45) is -0.120. The summed E-state index contributed by atoms with van der Waals surface area (Å²) in [5.41, 5.74) is 1.03. The number of hydrogen-bond acceptors (Lipinski definition) is 4. The van der Waals surface area contributed by atoms with Crippen LogP contribution in [0.4, 0.5) is 8.78 Å². The van der Waals surface area contributed by atoms with E-state index in [1.165, 1.54) is 0 Å². The molecule has 0 N–H and O–H groups in total. The largest absolute Gasteiger partial charge is 0.335 e. The van der Waals surface area contributed by atoms with Crippen molar-refractivity contribution in [3.8, 4) is 6.07 Å². The molecular formula is C18H22F2N4O. The minimum Gasteiger partial charge on any atom is -0.335 e. The number of rotatable bonds is 4. The van der Waals surface area contributed by atoms with Gasteiger partial charge in [0.05, 0.1) is 18.2 Å². The number of likely N-dealkylation sites (tertiary alicyclic amines) is 2. The van der Waals surface area contributed by atoms with Crippen LogP contribution in [0.15, 0.2) is 24.3 Å². The van der Waals surface area contributed by atoms with Crippen LogP contribution in [0.25, 0.3) is 0 Å². The van der Waals surface area contributed by atoms with Gasteiger partial charge in [-0.25, -0.2) is 8.78 Å². The average Bonchev–Trinajstić information content (AvgIpc) is 2.79. The first-order chi connectivity index (χ1) is 11.8. The van der Waals surface area contributed by atoms with Gasteiger partial charge in [-0.15, -0.1) is 0 Å². The zero-order chi connectivity index (χ0) is 18.2. The van der Waals surface area contributed by atoms with Crippen LogP contribution >= 0.6 is 0 Å². The first-order valence-electron chi connectivity index (χ1n) is 8.37. The summed E-state index contributed by atoms with van der Waals surface area (Å²) in [6, 6.07) is 8.31. The summed E-state index contributed by atoms with van der Waals surface area (Å²) in [6.45, 7) is 1.31. The Hall–Kier alpha value is -2.04. The van der Waals surface area contributed by atoms with Crippen LogP contribution in [0, 0.1) is 11.3 Å². The van der Waals surface area contributed by atoms with E-state index in [0.717, 1.165) is 0 Å². The minimum atomic E-state index is -2.65. The first kappa shape index (κ1) is 17.8. The van der Waals surface area contributed by atoms with Gasteiger partial charge in [-0.05, 0) is 38.4 Å². The first-order valence-corrected chi connectivity index (χ1v) is 8.37. The summed E-state index contributed by atoms with van der Waals surface area (Å²) >= 11 is 0. The number of amides is 1. The molecule has 2 aliphatic heterocycles. The van der Waals surface area contributed by atoms with E-state index in [-0.39, 0.29) is 31.0 Å². The molecule has 0 aliphatic carbocycles. The second-order valence-corrected chi connectivity index (χ2v) is 7.20. The number of carbonyl (C=O) groups excluding carboxylic acids is 1. The minimum absolute atomic E-state index is 0.0133. The molecule has 1 atom stereocenters. The fourth-order valence-corrected chi connectivity index (χ4v) is 3.64. The maximum atomic E-state index is 13.8. The van der Waals surface area contributed by atoms with Crippen molar-refractivity contribution in [2.24, 2.45) is 0 Å². The molecule has 0 saturated carbocycles. The van der Waals surface area contributed by atoms with Gasteiger partial charge in [-0.2, -0.15) is 5.26 Å². The fraction of sp³-hybridized carbons (Fsp3) is 0.556. The van der Waals surface area contributed by atoms with Crippen LogP contribution in [0.5, 0.6) is 0 Å². The molecule has 2 fully saturated rings. The van der Waals surface area contributed by atoms with E-state index in [4.69, 9.17) is 5.26 Å². The van der Waals surface area contributed by atoms with Crippen LogP contribution in [-0.2, 0) is 0 Å². The smallest absolute Gasteiger partial charge is 0.262 e. The molecule has 25 heavy (non-hydrogen) atoms. The maximum absolute atomic E-state index is 13.8. The van der Waals surface area contributed by atoms with Gasteiger partial charge in [0, 0.05) is 43.7 Å². The maximum Gasteiger partial charge on any atom is 0.262 e. The van der Waals surface area contributed by atoms with Gasteiger partial charge in [0.2, 0.25) is 0 Å². The van der Waals surface area contributed by atoms with E-state index in [2.05, 4.69) is 0 Å². The summed E-state index contributed by atoms with van der Waals surface area (Å²) in [7, 11) is 3.77. The highest BCUT2D eigenvalue weighted by Gasteiger charge is 2.50. The van der Waals surface area contributed by atoms with Gasteiger partial charge in [0.15, 0.2) is 0 Å². The highest BCUT2D eigenvalue weighted by Crippen LogP contribution is 2.35. The number of carbonyl (C=O) groups is 1. The van der Waals surface area contributed by atoms with Gasteiger partial charge in [-0.1, -0.05) is 0 Å². The van der Waals surface area contributed by atoms with Gasteiger partial charge in [-0.3, -0.25) is 9.69 Å². The number of likely N-dealkylation sites (N-methyl/N-ethyl adjacent to an activating group) is 1. The molecule has 1 unspecified atom stereocenters. The van der Waals surface area contributed by atoms with E-state index < -0.39 is 5.92 Å². The third kappa shape index (κ3) is 3.80. The predicted molar refractivity (Wildman–Crippen MR) is 89.5 cm³/mol. The highest BCUT2D eigenvalue weighted by molar-refractivity contribution is 5.94. The van der Waals surface area contributed by atoms with Crippen LogP contribution < -0.4 is 0 Å². The third-order valence-electron chi connectivity index (χ3n) is 4.87. The lowest BCUT2D eigenvalue weighted by Gasteiger charge is -2.46. The second-order valence-electron chi connectivity index (χ2n) is 7.20. The van der Waals surface area contributed by atoms with Gasteiger partial charge in [0.1, 0.15) is 0 Å². The molecule has 134 valence electrons. The predicted octanol–water partition coefficient (Wildman–Crippen LogP) is 1.65. The molecule has 1 aromatic carbocycles. The van der Waals surface area contributed by atoms with Crippen LogP contribution in [0.1, 0.15) is 22.3 Å².